The second-order valence-electron chi connectivity index (χ2n) is 13.7. The maximum Gasteiger partial charge on any atom is 0.306 e. The van der Waals surface area contributed by atoms with Crippen LogP contribution in [0.25, 0.3) is 0 Å². The lowest BCUT2D eigenvalue weighted by molar-refractivity contribution is -0.305. The first kappa shape index (κ1) is 45.5. The summed E-state index contributed by atoms with van der Waals surface area (Å²) in [5.74, 6) is -0.819. The molecular formula is C39H72O10. The van der Waals surface area contributed by atoms with E-state index in [9.17, 15) is 30.0 Å². The van der Waals surface area contributed by atoms with Gasteiger partial charge in [0.2, 0.25) is 0 Å². The van der Waals surface area contributed by atoms with Crippen molar-refractivity contribution in [3.63, 3.8) is 0 Å². The Morgan fingerprint density at radius 1 is 0.612 bits per heavy atom. The number of carbonyl (C=O) groups is 2. The van der Waals surface area contributed by atoms with E-state index >= 15 is 0 Å². The highest BCUT2D eigenvalue weighted by atomic mass is 16.7. The molecule has 0 aromatic heterocycles. The molecule has 4 N–H and O–H groups in total. The number of rotatable bonds is 32. The summed E-state index contributed by atoms with van der Waals surface area (Å²) < 4.78 is 21.9. The summed E-state index contributed by atoms with van der Waals surface area (Å²) in [6.45, 7) is 3.31. The van der Waals surface area contributed by atoms with Crippen LogP contribution in [0.4, 0.5) is 0 Å². The number of unbranched alkanes of at least 4 members (excludes halogenated alkanes) is 19. The fourth-order valence-electron chi connectivity index (χ4n) is 5.95. The van der Waals surface area contributed by atoms with E-state index in [-0.39, 0.29) is 32.0 Å². The van der Waals surface area contributed by atoms with Gasteiger partial charge in [-0.2, -0.15) is 0 Å². The van der Waals surface area contributed by atoms with Crippen LogP contribution in [0.15, 0.2) is 12.2 Å². The van der Waals surface area contributed by atoms with Crippen molar-refractivity contribution >= 4 is 11.9 Å². The van der Waals surface area contributed by atoms with Gasteiger partial charge in [-0.05, 0) is 38.5 Å². The summed E-state index contributed by atoms with van der Waals surface area (Å²) in [7, 11) is 0. The van der Waals surface area contributed by atoms with Gasteiger partial charge in [0.05, 0.1) is 13.2 Å². The van der Waals surface area contributed by atoms with Gasteiger partial charge in [0.15, 0.2) is 12.4 Å². The minimum atomic E-state index is -1.59. The average molecular weight is 701 g/mol. The van der Waals surface area contributed by atoms with Gasteiger partial charge in [0, 0.05) is 12.8 Å². The molecular weight excluding hydrogens is 628 g/mol. The zero-order valence-corrected chi connectivity index (χ0v) is 30.9. The maximum absolute atomic E-state index is 12.7. The highest BCUT2D eigenvalue weighted by Gasteiger charge is 2.44. The number of hydrogen-bond donors (Lipinski definition) is 4. The Kier molecular flexibility index (Phi) is 28.9. The van der Waals surface area contributed by atoms with Crippen molar-refractivity contribution in [1.29, 1.82) is 0 Å². The van der Waals surface area contributed by atoms with E-state index in [4.69, 9.17) is 18.9 Å². The second-order valence-corrected chi connectivity index (χ2v) is 13.7. The van der Waals surface area contributed by atoms with Crippen LogP contribution in [-0.2, 0) is 28.5 Å². The monoisotopic (exact) mass is 701 g/mol. The molecule has 6 unspecified atom stereocenters. The van der Waals surface area contributed by atoms with E-state index in [0.29, 0.717) is 6.42 Å². The summed E-state index contributed by atoms with van der Waals surface area (Å²) in [5.41, 5.74) is 0. The topological polar surface area (TPSA) is 152 Å². The molecule has 6 atom stereocenters. The number of aliphatic hydroxyl groups excluding tert-OH is 4. The number of hydrogen-bond acceptors (Lipinski definition) is 10. The van der Waals surface area contributed by atoms with E-state index in [2.05, 4.69) is 26.0 Å². The van der Waals surface area contributed by atoms with Gasteiger partial charge in [-0.15, -0.1) is 0 Å². The molecule has 10 nitrogen and oxygen atoms in total. The second kappa shape index (κ2) is 31.2. The van der Waals surface area contributed by atoms with E-state index in [1.165, 1.54) is 83.5 Å². The minimum Gasteiger partial charge on any atom is -0.462 e. The third-order valence-corrected chi connectivity index (χ3v) is 9.15. The van der Waals surface area contributed by atoms with Gasteiger partial charge < -0.3 is 39.4 Å². The molecule has 0 radical (unpaired) electrons. The molecule has 1 aliphatic heterocycles. The van der Waals surface area contributed by atoms with Crippen molar-refractivity contribution < 1.29 is 49.0 Å². The van der Waals surface area contributed by atoms with Crippen LogP contribution >= 0.6 is 0 Å². The quantitative estimate of drug-likeness (QED) is 0.0322. The van der Waals surface area contributed by atoms with Crippen LogP contribution in [0.5, 0.6) is 0 Å². The smallest absolute Gasteiger partial charge is 0.306 e. The zero-order chi connectivity index (χ0) is 36.0. The summed E-state index contributed by atoms with van der Waals surface area (Å²) >= 11 is 0. The van der Waals surface area contributed by atoms with E-state index in [0.717, 1.165) is 51.4 Å². The van der Waals surface area contributed by atoms with Gasteiger partial charge in [0.1, 0.15) is 31.0 Å². The lowest BCUT2D eigenvalue weighted by Crippen LogP contribution is -2.59. The first-order chi connectivity index (χ1) is 23.8. The molecule has 1 saturated heterocycles. The average Bonchev–Trinajstić information content (AvgIpc) is 3.10. The van der Waals surface area contributed by atoms with E-state index in [1.54, 1.807) is 0 Å². The molecule has 10 heteroatoms. The Morgan fingerprint density at radius 3 is 1.59 bits per heavy atom. The number of aliphatic hydroxyl groups is 4. The molecule has 0 bridgehead atoms. The molecule has 49 heavy (non-hydrogen) atoms. The maximum atomic E-state index is 12.7. The van der Waals surface area contributed by atoms with Crippen LogP contribution in [0.3, 0.4) is 0 Å². The van der Waals surface area contributed by atoms with Gasteiger partial charge in [0.25, 0.3) is 0 Å². The Hall–Kier alpha value is -1.56. The van der Waals surface area contributed by atoms with E-state index in [1.807, 2.05) is 0 Å². The van der Waals surface area contributed by atoms with Crippen LogP contribution < -0.4 is 0 Å². The molecule has 0 aromatic carbocycles. The van der Waals surface area contributed by atoms with Crippen molar-refractivity contribution in [1.82, 2.24) is 0 Å². The number of esters is 2. The zero-order valence-electron chi connectivity index (χ0n) is 30.9. The predicted octanol–water partition coefficient (Wildman–Crippen LogP) is 7.22. The fourth-order valence-corrected chi connectivity index (χ4v) is 5.95. The lowest BCUT2D eigenvalue weighted by Gasteiger charge is -2.39. The largest absolute Gasteiger partial charge is 0.462 e. The number of ether oxygens (including phenoxy) is 4. The number of carbonyl (C=O) groups excluding carboxylic acids is 2. The SMILES string of the molecule is CCCCCCCC/C=C\CCCCCCCCCCCC(=O)OC(COC(=O)CCCCCCC)COC1OC(CO)C(O)C(O)C1O. The molecule has 0 aliphatic carbocycles. The van der Waals surface area contributed by atoms with Gasteiger partial charge in [-0.1, -0.05) is 129 Å². The molecule has 0 aromatic rings. The summed E-state index contributed by atoms with van der Waals surface area (Å²) in [5, 5.41) is 39.8. The molecule has 1 fully saturated rings. The van der Waals surface area contributed by atoms with Crippen molar-refractivity contribution in [2.75, 3.05) is 19.8 Å². The first-order valence-corrected chi connectivity index (χ1v) is 19.8. The fraction of sp³-hybridized carbons (Fsp3) is 0.897. The molecule has 0 saturated carbocycles. The van der Waals surface area contributed by atoms with Crippen LogP contribution in [0, 0.1) is 0 Å². The highest BCUT2D eigenvalue weighted by Crippen LogP contribution is 2.22. The molecule has 1 heterocycles. The number of allylic oxidation sites excluding steroid dienone is 2. The Bertz CT molecular complexity index is 820. The van der Waals surface area contributed by atoms with Crippen LogP contribution in [-0.4, -0.2) is 89.0 Å². The predicted molar refractivity (Wildman–Crippen MR) is 192 cm³/mol. The van der Waals surface area contributed by atoms with Crippen LogP contribution in [0.2, 0.25) is 0 Å². The van der Waals surface area contributed by atoms with Gasteiger partial charge >= 0.3 is 11.9 Å². The summed E-state index contributed by atoms with van der Waals surface area (Å²) in [4.78, 5) is 24.9. The highest BCUT2D eigenvalue weighted by molar-refractivity contribution is 5.70. The standard InChI is InChI=1S/C39H72O10/c1-3-5-7-9-10-11-12-13-14-15-16-17-18-19-20-21-22-24-26-28-35(42)48-32(30-46-34(41)27-25-23-8-6-4-2)31-47-39-38(45)37(44)36(43)33(29-40)49-39/h13-14,32-33,36-40,43-45H,3-12,15-31H2,1-2H3/b14-13-. The van der Waals surface area contributed by atoms with E-state index < -0.39 is 49.4 Å². The molecule has 1 aliphatic rings. The van der Waals surface area contributed by atoms with Crippen LogP contribution in [0.1, 0.15) is 168 Å². The van der Waals surface area contributed by atoms with Crippen molar-refractivity contribution in [2.45, 2.75) is 205 Å². The first-order valence-electron chi connectivity index (χ1n) is 19.8. The third kappa shape index (κ3) is 23.5. The minimum absolute atomic E-state index is 0.216. The van der Waals surface area contributed by atoms with Gasteiger partial charge in [-0.25, -0.2) is 0 Å². The Morgan fingerprint density at radius 2 is 1.08 bits per heavy atom. The van der Waals surface area contributed by atoms with Crippen molar-refractivity contribution in [2.24, 2.45) is 0 Å². The summed E-state index contributed by atoms with van der Waals surface area (Å²) in [6, 6.07) is 0. The molecule has 288 valence electrons. The van der Waals surface area contributed by atoms with Gasteiger partial charge in [-0.3, -0.25) is 9.59 Å². The molecule has 0 spiro atoms. The Labute approximate surface area is 297 Å². The van der Waals surface area contributed by atoms with Crippen molar-refractivity contribution in [3.05, 3.63) is 12.2 Å². The van der Waals surface area contributed by atoms with Crippen molar-refractivity contribution in [3.8, 4) is 0 Å². The summed E-state index contributed by atoms with van der Waals surface area (Å²) in [6.07, 6.45) is 22.7. The molecule has 1 rings (SSSR count). The normalized spacial score (nSPS) is 21.6. The third-order valence-electron chi connectivity index (χ3n) is 9.15. The lowest BCUT2D eigenvalue weighted by atomic mass is 9.99. The Balaban J connectivity index is 2.27. The molecule has 0 amide bonds.